The second kappa shape index (κ2) is 5.90. The van der Waals surface area contributed by atoms with Gasteiger partial charge in [0.2, 0.25) is 0 Å². The van der Waals surface area contributed by atoms with Crippen molar-refractivity contribution < 1.29 is 0 Å². The molecule has 2 rings (SSSR count). The fourth-order valence-corrected chi connectivity index (χ4v) is 3.20. The summed E-state index contributed by atoms with van der Waals surface area (Å²) >= 11 is 3.55. The average molecular weight is 296 g/mol. The maximum absolute atomic E-state index is 3.76. The van der Waals surface area contributed by atoms with Gasteiger partial charge in [0.25, 0.3) is 0 Å². The summed E-state index contributed by atoms with van der Waals surface area (Å²) in [4.78, 5) is 0. The van der Waals surface area contributed by atoms with Crippen LogP contribution in [0.4, 0.5) is 5.69 Å². The summed E-state index contributed by atoms with van der Waals surface area (Å²) in [5.74, 6) is 0.849. The monoisotopic (exact) mass is 295 g/mol. The van der Waals surface area contributed by atoms with Crippen LogP contribution in [0.25, 0.3) is 0 Å². The lowest BCUT2D eigenvalue weighted by atomic mass is 9.82. The van der Waals surface area contributed by atoms with Crippen LogP contribution < -0.4 is 5.32 Å². The highest BCUT2D eigenvalue weighted by Crippen LogP contribution is 2.31. The van der Waals surface area contributed by atoms with Gasteiger partial charge in [0.1, 0.15) is 0 Å². The van der Waals surface area contributed by atoms with E-state index in [9.17, 15) is 0 Å². The highest BCUT2D eigenvalue weighted by molar-refractivity contribution is 9.10. The van der Waals surface area contributed by atoms with Crippen molar-refractivity contribution in [2.45, 2.75) is 52.0 Å². The number of halogens is 1. The molecule has 2 atom stereocenters. The van der Waals surface area contributed by atoms with E-state index in [1.807, 2.05) is 0 Å². The molecule has 1 aromatic rings. The van der Waals surface area contributed by atoms with Crippen LogP contribution in [0.1, 0.15) is 44.6 Å². The van der Waals surface area contributed by atoms with Gasteiger partial charge in [-0.05, 0) is 43.4 Å². The van der Waals surface area contributed by atoms with Gasteiger partial charge in [-0.3, -0.25) is 0 Å². The predicted octanol–water partition coefficient (Wildman–Crippen LogP) is 5.14. The average Bonchev–Trinajstić information content (AvgIpc) is 2.34. The predicted molar refractivity (Wildman–Crippen MR) is 78.5 cm³/mol. The van der Waals surface area contributed by atoms with Crippen LogP contribution in [0, 0.1) is 12.8 Å². The van der Waals surface area contributed by atoms with Crippen molar-refractivity contribution >= 4 is 21.6 Å². The molecule has 0 spiro atoms. The molecule has 2 heteroatoms. The van der Waals surface area contributed by atoms with Gasteiger partial charge in [-0.15, -0.1) is 0 Å². The van der Waals surface area contributed by atoms with Crippen LogP contribution in [-0.4, -0.2) is 6.04 Å². The lowest BCUT2D eigenvalue weighted by Gasteiger charge is -2.32. The van der Waals surface area contributed by atoms with Crippen molar-refractivity contribution in [2.75, 3.05) is 5.32 Å². The first-order valence-corrected chi connectivity index (χ1v) is 7.52. The van der Waals surface area contributed by atoms with Gasteiger partial charge >= 0.3 is 0 Å². The minimum absolute atomic E-state index is 0.668. The molecular formula is C15H22BrN. The highest BCUT2D eigenvalue weighted by Gasteiger charge is 2.23. The maximum atomic E-state index is 3.76. The number of anilines is 1. The Bertz CT molecular complexity index is 375. The molecule has 1 aliphatic carbocycles. The molecule has 94 valence electrons. The Morgan fingerprint density at radius 3 is 2.82 bits per heavy atom. The van der Waals surface area contributed by atoms with Crippen molar-refractivity contribution in [3.63, 3.8) is 0 Å². The topological polar surface area (TPSA) is 12.0 Å². The smallest absolute Gasteiger partial charge is 0.0383 e. The number of rotatable bonds is 3. The zero-order valence-electron chi connectivity index (χ0n) is 10.8. The number of hydrogen-bond acceptors (Lipinski definition) is 1. The van der Waals surface area contributed by atoms with Crippen LogP contribution in [0.5, 0.6) is 0 Å². The van der Waals surface area contributed by atoms with E-state index in [1.165, 1.54) is 43.4 Å². The molecule has 0 aromatic heterocycles. The van der Waals surface area contributed by atoms with E-state index in [4.69, 9.17) is 0 Å². The van der Waals surface area contributed by atoms with E-state index in [-0.39, 0.29) is 0 Å². The summed E-state index contributed by atoms with van der Waals surface area (Å²) in [6, 6.07) is 7.16. The molecule has 1 aromatic carbocycles. The molecule has 0 saturated heterocycles. The van der Waals surface area contributed by atoms with Crippen molar-refractivity contribution in [1.29, 1.82) is 0 Å². The second-order valence-electron chi connectivity index (χ2n) is 5.16. The van der Waals surface area contributed by atoms with Gasteiger partial charge in [0.05, 0.1) is 0 Å². The van der Waals surface area contributed by atoms with E-state index in [2.05, 4.69) is 53.3 Å². The Kier molecular flexibility index (Phi) is 4.49. The molecule has 17 heavy (non-hydrogen) atoms. The number of hydrogen-bond donors (Lipinski definition) is 1. The molecule has 2 unspecified atom stereocenters. The molecule has 1 saturated carbocycles. The minimum atomic E-state index is 0.668. The SMILES string of the molecule is CCC1CCCCC1Nc1cc(Br)ccc1C. The summed E-state index contributed by atoms with van der Waals surface area (Å²) < 4.78 is 1.16. The third kappa shape index (κ3) is 3.25. The van der Waals surface area contributed by atoms with Crippen LogP contribution in [0.15, 0.2) is 22.7 Å². The summed E-state index contributed by atoms with van der Waals surface area (Å²) in [7, 11) is 0. The zero-order chi connectivity index (χ0) is 12.3. The van der Waals surface area contributed by atoms with E-state index in [0.717, 1.165) is 10.4 Å². The second-order valence-corrected chi connectivity index (χ2v) is 6.08. The summed E-state index contributed by atoms with van der Waals surface area (Å²) in [6.07, 6.45) is 6.80. The van der Waals surface area contributed by atoms with Gasteiger partial charge in [-0.1, -0.05) is 48.2 Å². The molecule has 0 radical (unpaired) electrons. The molecule has 1 aliphatic rings. The molecule has 1 fully saturated rings. The molecule has 1 nitrogen and oxygen atoms in total. The molecule has 1 N–H and O–H groups in total. The Hall–Kier alpha value is -0.500. The van der Waals surface area contributed by atoms with Crippen LogP contribution in [0.2, 0.25) is 0 Å². The molecule has 0 aliphatic heterocycles. The molecule has 0 bridgehead atoms. The first kappa shape index (κ1) is 12.9. The first-order valence-electron chi connectivity index (χ1n) is 6.73. The quantitative estimate of drug-likeness (QED) is 0.814. The first-order chi connectivity index (χ1) is 8.20. The normalized spacial score (nSPS) is 24.6. The minimum Gasteiger partial charge on any atom is -0.382 e. The largest absolute Gasteiger partial charge is 0.382 e. The van der Waals surface area contributed by atoms with Crippen LogP contribution >= 0.6 is 15.9 Å². The molecule has 0 heterocycles. The Balaban J connectivity index is 2.10. The number of aryl methyl sites for hydroxylation is 1. The lowest BCUT2D eigenvalue weighted by Crippen LogP contribution is -2.32. The fourth-order valence-electron chi connectivity index (χ4n) is 2.84. The van der Waals surface area contributed by atoms with E-state index in [0.29, 0.717) is 6.04 Å². The van der Waals surface area contributed by atoms with Gasteiger partial charge < -0.3 is 5.32 Å². The van der Waals surface area contributed by atoms with Gasteiger partial charge in [-0.2, -0.15) is 0 Å². The van der Waals surface area contributed by atoms with Crippen LogP contribution in [-0.2, 0) is 0 Å². The molecule has 0 amide bonds. The lowest BCUT2D eigenvalue weighted by molar-refractivity contribution is 0.317. The van der Waals surface area contributed by atoms with Crippen molar-refractivity contribution in [3.05, 3.63) is 28.2 Å². The Labute approximate surface area is 113 Å². The Morgan fingerprint density at radius 1 is 1.29 bits per heavy atom. The third-order valence-corrected chi connectivity index (χ3v) is 4.47. The van der Waals surface area contributed by atoms with Gasteiger partial charge in [0, 0.05) is 16.2 Å². The third-order valence-electron chi connectivity index (χ3n) is 3.97. The van der Waals surface area contributed by atoms with Crippen molar-refractivity contribution in [2.24, 2.45) is 5.92 Å². The van der Waals surface area contributed by atoms with Gasteiger partial charge in [0.15, 0.2) is 0 Å². The highest BCUT2D eigenvalue weighted by atomic mass is 79.9. The fraction of sp³-hybridized carbons (Fsp3) is 0.600. The standard InChI is InChI=1S/C15H22BrN/c1-3-12-6-4-5-7-14(12)17-15-10-13(16)9-8-11(15)2/h8-10,12,14,17H,3-7H2,1-2H3. The van der Waals surface area contributed by atoms with Crippen LogP contribution in [0.3, 0.4) is 0 Å². The number of benzene rings is 1. The summed E-state index contributed by atoms with van der Waals surface area (Å²) in [5.41, 5.74) is 2.64. The summed E-state index contributed by atoms with van der Waals surface area (Å²) in [6.45, 7) is 4.50. The van der Waals surface area contributed by atoms with E-state index >= 15 is 0 Å². The maximum Gasteiger partial charge on any atom is 0.0383 e. The van der Waals surface area contributed by atoms with E-state index < -0.39 is 0 Å². The van der Waals surface area contributed by atoms with E-state index in [1.54, 1.807) is 0 Å². The summed E-state index contributed by atoms with van der Waals surface area (Å²) in [5, 5.41) is 3.76. The molecular weight excluding hydrogens is 274 g/mol. The number of nitrogens with one attached hydrogen (secondary N) is 1. The van der Waals surface area contributed by atoms with Crippen molar-refractivity contribution in [1.82, 2.24) is 0 Å². The van der Waals surface area contributed by atoms with Gasteiger partial charge in [-0.25, -0.2) is 0 Å². The zero-order valence-corrected chi connectivity index (χ0v) is 12.4. The van der Waals surface area contributed by atoms with Crippen molar-refractivity contribution in [3.8, 4) is 0 Å². The Morgan fingerprint density at radius 2 is 2.06 bits per heavy atom.